The first-order valence-electron chi connectivity index (χ1n) is 8.44. The Balaban J connectivity index is 1.54. The van der Waals surface area contributed by atoms with Gasteiger partial charge < -0.3 is 5.32 Å². The van der Waals surface area contributed by atoms with Crippen LogP contribution in [0.4, 0.5) is 0 Å². The highest BCUT2D eigenvalue weighted by Gasteiger charge is 2.09. The summed E-state index contributed by atoms with van der Waals surface area (Å²) in [5.41, 5.74) is 3.40. The van der Waals surface area contributed by atoms with Crippen LogP contribution >= 0.6 is 11.8 Å². The fourth-order valence-corrected chi connectivity index (χ4v) is 3.55. The van der Waals surface area contributed by atoms with Crippen molar-refractivity contribution in [3.63, 3.8) is 0 Å². The number of rotatable bonds is 6. The van der Waals surface area contributed by atoms with E-state index >= 15 is 0 Å². The molecule has 0 saturated heterocycles. The fourth-order valence-electron chi connectivity index (χ4n) is 2.75. The van der Waals surface area contributed by atoms with Gasteiger partial charge in [0, 0.05) is 11.9 Å². The zero-order valence-electron chi connectivity index (χ0n) is 14.5. The number of hydrogen-bond donors (Lipinski definition) is 1. The summed E-state index contributed by atoms with van der Waals surface area (Å²) in [6, 6.07) is 20.4. The lowest BCUT2D eigenvalue weighted by molar-refractivity contribution is -0.118. The number of thioether (sulfide) groups is 1. The average molecular weight is 350 g/mol. The minimum atomic E-state index is 0.0420. The van der Waals surface area contributed by atoms with E-state index in [1.165, 1.54) is 22.9 Å². The van der Waals surface area contributed by atoms with E-state index < -0.39 is 0 Å². The predicted molar refractivity (Wildman–Crippen MR) is 105 cm³/mol. The highest BCUT2D eigenvalue weighted by Crippen LogP contribution is 2.23. The standard InChI is InChI=1S/C21H22N2OS/c1-15-12-21(23-19-11-7-6-10-18(15)19)25-14-20(24)22-13-16(2)17-8-4-3-5-9-17/h3-12,16H,13-14H2,1-2H3,(H,22,24). The lowest BCUT2D eigenvalue weighted by Gasteiger charge is -2.13. The molecule has 0 saturated carbocycles. The van der Waals surface area contributed by atoms with Gasteiger partial charge in [0.1, 0.15) is 0 Å². The van der Waals surface area contributed by atoms with Crippen molar-refractivity contribution in [1.82, 2.24) is 10.3 Å². The van der Waals surface area contributed by atoms with Crippen molar-refractivity contribution in [2.45, 2.75) is 24.8 Å². The summed E-state index contributed by atoms with van der Waals surface area (Å²) in [6.07, 6.45) is 0. The molecule has 0 bridgehead atoms. The number of carbonyl (C=O) groups is 1. The molecule has 0 aliphatic carbocycles. The molecular weight excluding hydrogens is 328 g/mol. The Bertz CT molecular complexity index is 864. The van der Waals surface area contributed by atoms with Crippen LogP contribution in [0.3, 0.4) is 0 Å². The molecule has 1 N–H and O–H groups in total. The van der Waals surface area contributed by atoms with Gasteiger partial charge in [-0.1, -0.05) is 67.2 Å². The molecule has 0 radical (unpaired) electrons. The topological polar surface area (TPSA) is 42.0 Å². The molecule has 2 aromatic carbocycles. The van der Waals surface area contributed by atoms with Crippen LogP contribution in [0.25, 0.3) is 10.9 Å². The zero-order valence-corrected chi connectivity index (χ0v) is 15.3. The highest BCUT2D eigenvalue weighted by atomic mass is 32.2. The summed E-state index contributed by atoms with van der Waals surface area (Å²) in [6.45, 7) is 4.85. The molecule has 128 valence electrons. The van der Waals surface area contributed by atoms with Gasteiger partial charge in [-0.3, -0.25) is 4.79 Å². The van der Waals surface area contributed by atoms with Crippen molar-refractivity contribution in [3.8, 4) is 0 Å². The molecular formula is C21H22N2OS. The van der Waals surface area contributed by atoms with Crippen molar-refractivity contribution >= 4 is 28.6 Å². The van der Waals surface area contributed by atoms with Crippen LogP contribution in [0.15, 0.2) is 65.7 Å². The number of benzene rings is 2. The van der Waals surface area contributed by atoms with E-state index in [1.54, 1.807) is 0 Å². The quantitative estimate of drug-likeness (QED) is 0.663. The number of hydrogen-bond acceptors (Lipinski definition) is 3. The van der Waals surface area contributed by atoms with Crippen LogP contribution in [0.5, 0.6) is 0 Å². The summed E-state index contributed by atoms with van der Waals surface area (Å²) in [4.78, 5) is 16.8. The Hall–Kier alpha value is -2.33. The van der Waals surface area contributed by atoms with Crippen molar-refractivity contribution in [3.05, 3.63) is 71.8 Å². The third-order valence-electron chi connectivity index (χ3n) is 4.22. The number of para-hydroxylation sites is 1. The number of nitrogens with zero attached hydrogens (tertiary/aromatic N) is 1. The van der Waals surface area contributed by atoms with Gasteiger partial charge >= 0.3 is 0 Å². The summed E-state index contributed by atoms with van der Waals surface area (Å²) < 4.78 is 0. The highest BCUT2D eigenvalue weighted by molar-refractivity contribution is 7.99. The molecule has 1 aromatic heterocycles. The van der Waals surface area contributed by atoms with Crippen molar-refractivity contribution < 1.29 is 4.79 Å². The van der Waals surface area contributed by atoms with Gasteiger partial charge in [-0.25, -0.2) is 4.98 Å². The summed E-state index contributed by atoms with van der Waals surface area (Å²) in [5.74, 6) is 0.725. The Morgan fingerprint density at radius 3 is 2.64 bits per heavy atom. The largest absolute Gasteiger partial charge is 0.355 e. The minimum Gasteiger partial charge on any atom is -0.355 e. The van der Waals surface area contributed by atoms with Crippen LogP contribution in [0, 0.1) is 6.92 Å². The van der Waals surface area contributed by atoms with Gasteiger partial charge in [-0.05, 0) is 36.1 Å². The monoisotopic (exact) mass is 350 g/mol. The SMILES string of the molecule is Cc1cc(SCC(=O)NCC(C)c2ccccc2)nc2ccccc12. The van der Waals surface area contributed by atoms with Gasteiger partial charge in [0.25, 0.3) is 0 Å². The predicted octanol–water partition coefficient (Wildman–Crippen LogP) is 4.56. The van der Waals surface area contributed by atoms with Crippen molar-refractivity contribution in [2.75, 3.05) is 12.3 Å². The molecule has 1 amide bonds. The first-order valence-corrected chi connectivity index (χ1v) is 9.43. The molecule has 1 atom stereocenters. The Kier molecular flexibility index (Phi) is 5.71. The Labute approximate surface area is 152 Å². The molecule has 3 rings (SSSR count). The third-order valence-corrected chi connectivity index (χ3v) is 5.14. The van der Waals surface area contributed by atoms with Gasteiger partial charge in [0.15, 0.2) is 0 Å². The smallest absolute Gasteiger partial charge is 0.230 e. The van der Waals surface area contributed by atoms with Gasteiger partial charge in [0.05, 0.1) is 16.3 Å². The van der Waals surface area contributed by atoms with Crippen molar-refractivity contribution in [1.29, 1.82) is 0 Å². The molecule has 25 heavy (non-hydrogen) atoms. The van der Waals surface area contributed by atoms with Gasteiger partial charge in [-0.15, -0.1) is 0 Å². The molecule has 0 aliphatic heterocycles. The molecule has 3 aromatic rings. The zero-order chi connectivity index (χ0) is 17.6. The number of amides is 1. The molecule has 0 spiro atoms. The number of pyridine rings is 1. The normalized spacial score (nSPS) is 12.1. The van der Waals surface area contributed by atoms with Crippen molar-refractivity contribution in [2.24, 2.45) is 0 Å². The first kappa shape index (κ1) is 17.5. The van der Waals surface area contributed by atoms with Crippen LogP contribution in [0.2, 0.25) is 0 Å². The lowest BCUT2D eigenvalue weighted by Crippen LogP contribution is -2.29. The maximum atomic E-state index is 12.1. The minimum absolute atomic E-state index is 0.0420. The summed E-state index contributed by atoms with van der Waals surface area (Å²) in [7, 11) is 0. The van der Waals surface area contributed by atoms with E-state index in [1.807, 2.05) is 42.5 Å². The first-order chi connectivity index (χ1) is 12.1. The van der Waals surface area contributed by atoms with Crippen LogP contribution < -0.4 is 5.32 Å². The average Bonchev–Trinajstić information content (AvgIpc) is 2.65. The van der Waals surface area contributed by atoms with Gasteiger partial charge in [-0.2, -0.15) is 0 Å². The number of nitrogens with one attached hydrogen (secondary N) is 1. The second-order valence-corrected chi connectivity index (χ2v) is 7.19. The van der Waals surface area contributed by atoms with Crippen LogP contribution in [-0.2, 0) is 4.79 Å². The molecule has 4 heteroatoms. The van der Waals surface area contributed by atoms with E-state index in [9.17, 15) is 4.79 Å². The summed E-state index contributed by atoms with van der Waals surface area (Å²) in [5, 5.41) is 5.07. The van der Waals surface area contributed by atoms with E-state index in [2.05, 4.69) is 42.3 Å². The second kappa shape index (κ2) is 8.17. The fraction of sp³-hybridized carbons (Fsp3) is 0.238. The summed E-state index contributed by atoms with van der Waals surface area (Å²) >= 11 is 1.48. The number of aryl methyl sites for hydroxylation is 1. The van der Waals surface area contributed by atoms with E-state index in [0.717, 1.165) is 15.9 Å². The second-order valence-electron chi connectivity index (χ2n) is 6.20. The molecule has 0 aliphatic rings. The van der Waals surface area contributed by atoms with Gasteiger partial charge in [0.2, 0.25) is 5.91 Å². The maximum absolute atomic E-state index is 12.1. The molecule has 3 nitrogen and oxygen atoms in total. The van der Waals surface area contributed by atoms with E-state index in [-0.39, 0.29) is 5.91 Å². The molecule has 1 unspecified atom stereocenters. The number of fused-ring (bicyclic) bond motifs is 1. The Morgan fingerprint density at radius 1 is 1.12 bits per heavy atom. The molecule has 1 heterocycles. The van der Waals surface area contributed by atoms with E-state index in [0.29, 0.717) is 18.2 Å². The maximum Gasteiger partial charge on any atom is 0.230 e. The van der Waals surface area contributed by atoms with Crippen LogP contribution in [0.1, 0.15) is 24.0 Å². The number of carbonyl (C=O) groups excluding carboxylic acids is 1. The number of aromatic nitrogens is 1. The van der Waals surface area contributed by atoms with E-state index in [4.69, 9.17) is 0 Å². The van der Waals surface area contributed by atoms with Crippen LogP contribution in [-0.4, -0.2) is 23.2 Å². The molecule has 0 fully saturated rings. The lowest BCUT2D eigenvalue weighted by atomic mass is 10.0. The Morgan fingerprint density at radius 2 is 1.84 bits per heavy atom. The third kappa shape index (κ3) is 4.60.